The summed E-state index contributed by atoms with van der Waals surface area (Å²) >= 11 is 0. The average Bonchev–Trinajstić information content (AvgIpc) is 3.54. The molecule has 1 aromatic rings. The maximum Gasteiger partial charge on any atom is 0.325 e. The molecule has 2 saturated carbocycles. The maximum absolute atomic E-state index is 12.6. The molecule has 0 spiro atoms. The number of carbonyl (C=O) groups excluding carboxylic acids is 3. The summed E-state index contributed by atoms with van der Waals surface area (Å²) in [6, 6.07) is -0.845. The largest absolute Gasteiger partial charge is 0.351 e. The lowest BCUT2D eigenvalue weighted by atomic mass is 10.1. The van der Waals surface area contributed by atoms with E-state index in [1.807, 2.05) is 13.8 Å². The Morgan fingerprint density at radius 2 is 1.93 bits per heavy atom. The van der Waals surface area contributed by atoms with Crippen LogP contribution in [0.15, 0.2) is 6.20 Å². The number of nitrogens with zero attached hydrogens (tertiary/aromatic N) is 4. The van der Waals surface area contributed by atoms with Gasteiger partial charge in [0.1, 0.15) is 12.6 Å². The normalized spacial score (nSPS) is 22.7. The molecule has 1 saturated heterocycles. The number of hydrogen-bond donors (Lipinski definition) is 2. The van der Waals surface area contributed by atoms with Crippen LogP contribution in [-0.2, 0) is 16.0 Å². The van der Waals surface area contributed by atoms with E-state index in [2.05, 4.69) is 20.9 Å². The molecule has 2 N–H and O–H groups in total. The highest BCUT2D eigenvalue weighted by Crippen LogP contribution is 2.44. The summed E-state index contributed by atoms with van der Waals surface area (Å²) in [5.41, 5.74) is 0.635. The van der Waals surface area contributed by atoms with E-state index in [9.17, 15) is 14.4 Å². The van der Waals surface area contributed by atoms with Crippen molar-refractivity contribution in [3.63, 3.8) is 0 Å². The minimum Gasteiger partial charge on any atom is -0.351 e. The number of nitrogens with one attached hydrogen (secondary N) is 2. The third-order valence-corrected chi connectivity index (χ3v) is 5.50. The molecule has 2 heterocycles. The summed E-state index contributed by atoms with van der Waals surface area (Å²) in [4.78, 5) is 38.2. The van der Waals surface area contributed by atoms with Gasteiger partial charge in [-0.2, -0.15) is 0 Å². The number of imide groups is 1. The minimum atomic E-state index is -0.703. The molecular weight excluding hydrogens is 348 g/mol. The molecule has 146 valence electrons. The van der Waals surface area contributed by atoms with Gasteiger partial charge in [0.15, 0.2) is 0 Å². The smallest absolute Gasteiger partial charge is 0.325 e. The van der Waals surface area contributed by atoms with Crippen LogP contribution >= 0.6 is 0 Å². The maximum atomic E-state index is 12.6. The zero-order chi connectivity index (χ0) is 19.1. The summed E-state index contributed by atoms with van der Waals surface area (Å²) in [6.07, 6.45) is 6.67. The third-order valence-electron chi connectivity index (χ3n) is 5.50. The van der Waals surface area contributed by atoms with Gasteiger partial charge in [0.2, 0.25) is 5.91 Å². The van der Waals surface area contributed by atoms with Crippen molar-refractivity contribution in [1.29, 1.82) is 0 Å². The molecule has 2 aliphatic carbocycles. The van der Waals surface area contributed by atoms with E-state index in [0.29, 0.717) is 17.5 Å². The Morgan fingerprint density at radius 3 is 2.48 bits per heavy atom. The highest BCUT2D eigenvalue weighted by molar-refractivity contribution is 6.06. The van der Waals surface area contributed by atoms with Crippen LogP contribution in [0.3, 0.4) is 0 Å². The first-order valence-corrected chi connectivity index (χ1v) is 9.74. The number of carbonyl (C=O) groups is 3. The molecular formula is C18H26N6O3. The monoisotopic (exact) mass is 374 g/mol. The first-order valence-electron chi connectivity index (χ1n) is 9.74. The minimum absolute atomic E-state index is 0.172. The van der Waals surface area contributed by atoms with Gasteiger partial charge in [-0.05, 0) is 51.4 Å². The fourth-order valence-corrected chi connectivity index (χ4v) is 3.64. The highest BCUT2D eigenvalue weighted by Gasteiger charge is 2.44. The summed E-state index contributed by atoms with van der Waals surface area (Å²) in [5, 5.41) is 13.8. The van der Waals surface area contributed by atoms with Crippen LogP contribution in [0, 0.1) is 11.8 Å². The van der Waals surface area contributed by atoms with Crippen LogP contribution in [0.1, 0.15) is 51.3 Å². The van der Waals surface area contributed by atoms with Gasteiger partial charge in [0.05, 0.1) is 5.69 Å². The number of hydrogen-bond acceptors (Lipinski definition) is 5. The fraction of sp³-hybridized carbons (Fsp3) is 0.722. The zero-order valence-corrected chi connectivity index (χ0v) is 15.7. The quantitative estimate of drug-likeness (QED) is 0.649. The average molecular weight is 374 g/mol. The van der Waals surface area contributed by atoms with Gasteiger partial charge in [-0.25, -0.2) is 9.48 Å². The molecule has 1 unspecified atom stereocenters. The van der Waals surface area contributed by atoms with Crippen LogP contribution in [0.5, 0.6) is 0 Å². The molecule has 1 atom stereocenters. The van der Waals surface area contributed by atoms with Crippen molar-refractivity contribution >= 4 is 17.8 Å². The molecule has 0 radical (unpaired) electrons. The van der Waals surface area contributed by atoms with Crippen molar-refractivity contribution in [1.82, 2.24) is 30.5 Å². The standard InChI is InChI=1S/C18H26N6O3/c1-10(2)24-8-13(21-22-24)7-14-17(26)23(18(27)19-14)9-15(25)20-16(11-3-4-11)12-5-6-12/h8,10-12,14,16H,3-7,9H2,1-2H3,(H,19,27)(H,20,25). The fourth-order valence-electron chi connectivity index (χ4n) is 3.64. The van der Waals surface area contributed by atoms with E-state index in [1.54, 1.807) is 10.9 Å². The number of urea groups is 1. The van der Waals surface area contributed by atoms with E-state index in [0.717, 1.165) is 30.6 Å². The molecule has 27 heavy (non-hydrogen) atoms. The lowest BCUT2D eigenvalue weighted by Crippen LogP contribution is -2.46. The third kappa shape index (κ3) is 3.96. The molecule has 4 amide bonds. The predicted molar refractivity (Wildman–Crippen MR) is 95.5 cm³/mol. The lowest BCUT2D eigenvalue weighted by Gasteiger charge is -2.19. The number of aromatic nitrogens is 3. The Morgan fingerprint density at radius 1 is 1.26 bits per heavy atom. The Kier molecular flexibility index (Phi) is 4.61. The van der Waals surface area contributed by atoms with Gasteiger partial charge in [-0.15, -0.1) is 5.10 Å². The van der Waals surface area contributed by atoms with Crippen LogP contribution in [0.2, 0.25) is 0 Å². The second kappa shape index (κ2) is 6.94. The van der Waals surface area contributed by atoms with Gasteiger partial charge < -0.3 is 10.6 Å². The Balaban J connectivity index is 1.33. The van der Waals surface area contributed by atoms with Crippen molar-refractivity contribution in [2.24, 2.45) is 11.8 Å². The highest BCUT2D eigenvalue weighted by atomic mass is 16.2. The van der Waals surface area contributed by atoms with Crippen molar-refractivity contribution < 1.29 is 14.4 Å². The first-order chi connectivity index (χ1) is 12.9. The molecule has 1 aromatic heterocycles. The molecule has 1 aliphatic heterocycles. The van der Waals surface area contributed by atoms with Crippen molar-refractivity contribution in [3.05, 3.63) is 11.9 Å². The summed E-state index contributed by atoms with van der Waals surface area (Å²) < 4.78 is 1.71. The van der Waals surface area contributed by atoms with E-state index >= 15 is 0 Å². The van der Waals surface area contributed by atoms with E-state index in [4.69, 9.17) is 0 Å². The Labute approximate surface area is 157 Å². The van der Waals surface area contributed by atoms with E-state index < -0.39 is 12.1 Å². The number of amides is 4. The van der Waals surface area contributed by atoms with Gasteiger partial charge >= 0.3 is 6.03 Å². The second-order valence-electron chi connectivity index (χ2n) is 8.18. The van der Waals surface area contributed by atoms with Crippen molar-refractivity contribution in [2.45, 2.75) is 64.1 Å². The Hall–Kier alpha value is -2.45. The van der Waals surface area contributed by atoms with Gasteiger partial charge in [0, 0.05) is 24.7 Å². The van der Waals surface area contributed by atoms with Crippen LogP contribution in [0.25, 0.3) is 0 Å². The summed E-state index contributed by atoms with van der Waals surface area (Å²) in [5.74, 6) is 0.499. The summed E-state index contributed by atoms with van der Waals surface area (Å²) in [6.45, 7) is 3.74. The topological polar surface area (TPSA) is 109 Å². The van der Waals surface area contributed by atoms with Gasteiger partial charge in [-0.3, -0.25) is 14.5 Å². The van der Waals surface area contributed by atoms with Gasteiger partial charge in [0.25, 0.3) is 5.91 Å². The molecule has 0 aromatic carbocycles. The van der Waals surface area contributed by atoms with Crippen molar-refractivity contribution in [2.75, 3.05) is 6.54 Å². The van der Waals surface area contributed by atoms with E-state index in [-0.39, 0.29) is 36.9 Å². The molecule has 4 rings (SSSR count). The van der Waals surface area contributed by atoms with Gasteiger partial charge in [-0.1, -0.05) is 5.21 Å². The van der Waals surface area contributed by atoms with E-state index in [1.165, 1.54) is 0 Å². The Bertz CT molecular complexity index is 740. The molecule has 9 nitrogen and oxygen atoms in total. The van der Waals surface area contributed by atoms with Crippen LogP contribution in [0.4, 0.5) is 4.79 Å². The summed E-state index contributed by atoms with van der Waals surface area (Å²) in [7, 11) is 0. The zero-order valence-electron chi connectivity index (χ0n) is 15.7. The number of rotatable bonds is 8. The first kappa shape index (κ1) is 17.9. The molecule has 9 heteroatoms. The molecule has 3 aliphatic rings. The SMILES string of the molecule is CC(C)n1cc(CC2NC(=O)N(CC(=O)NC(C3CC3)C3CC3)C2=O)nn1. The second-order valence-corrected chi connectivity index (χ2v) is 8.18. The van der Waals surface area contributed by atoms with Crippen LogP contribution in [-0.4, -0.2) is 56.4 Å². The van der Waals surface area contributed by atoms with Crippen LogP contribution < -0.4 is 10.6 Å². The molecule has 3 fully saturated rings. The molecule has 0 bridgehead atoms. The lowest BCUT2D eigenvalue weighted by molar-refractivity contribution is -0.132. The predicted octanol–water partition coefficient (Wildman–Crippen LogP) is 0.627. The van der Waals surface area contributed by atoms with Crippen molar-refractivity contribution in [3.8, 4) is 0 Å².